The van der Waals surface area contributed by atoms with Crippen LogP contribution >= 0.6 is 39.9 Å². The predicted molar refractivity (Wildman–Crippen MR) is 79.8 cm³/mol. The fourth-order valence-corrected chi connectivity index (χ4v) is 2.92. The van der Waals surface area contributed by atoms with Crippen molar-refractivity contribution in [2.75, 3.05) is 6.54 Å². The van der Waals surface area contributed by atoms with Crippen LogP contribution in [0.15, 0.2) is 21.5 Å². The minimum atomic E-state index is -3.97. The zero-order valence-corrected chi connectivity index (χ0v) is 14.2. The van der Waals surface area contributed by atoms with Gasteiger partial charge in [-0.25, -0.2) is 17.5 Å². The van der Waals surface area contributed by atoms with Gasteiger partial charge in [0.25, 0.3) is 0 Å². The lowest BCUT2D eigenvalue weighted by atomic mass is 10.1. The number of nitrogens with one attached hydrogen (secondary N) is 1. The molecule has 0 saturated carbocycles. The van der Waals surface area contributed by atoms with Crippen molar-refractivity contribution in [3.8, 4) is 0 Å². The van der Waals surface area contributed by atoms with Crippen molar-refractivity contribution < 1.29 is 12.8 Å². The third-order valence-electron chi connectivity index (χ3n) is 1.98. The lowest BCUT2D eigenvalue weighted by Crippen LogP contribution is -2.45. The predicted octanol–water partition coefficient (Wildman–Crippen LogP) is 2.68. The van der Waals surface area contributed by atoms with Crippen LogP contribution in [0.4, 0.5) is 4.39 Å². The lowest BCUT2D eigenvalue weighted by Gasteiger charge is -2.19. The maximum absolute atomic E-state index is 13.6. The highest BCUT2D eigenvalue weighted by atomic mass is 79.9. The molecule has 9 heteroatoms. The summed E-state index contributed by atoms with van der Waals surface area (Å²) in [6.45, 7) is 3.29. The van der Waals surface area contributed by atoms with Crippen LogP contribution in [-0.4, -0.2) is 20.5 Å². The van der Waals surface area contributed by atoms with E-state index >= 15 is 0 Å². The molecule has 0 fully saturated rings. The molecule has 0 spiro atoms. The molecule has 0 aromatic heterocycles. The van der Waals surface area contributed by atoms with Gasteiger partial charge in [0, 0.05) is 16.6 Å². The Balaban J connectivity index is 0.00000324. The van der Waals surface area contributed by atoms with E-state index in [4.69, 9.17) is 17.3 Å². The summed E-state index contributed by atoms with van der Waals surface area (Å²) in [5.41, 5.74) is 4.93. The molecule has 0 radical (unpaired) electrons. The molecule has 1 aromatic carbocycles. The molecule has 3 N–H and O–H groups in total. The van der Waals surface area contributed by atoms with Crippen molar-refractivity contribution in [2.45, 2.75) is 24.3 Å². The Morgan fingerprint density at radius 3 is 2.47 bits per heavy atom. The molecule has 4 nitrogen and oxygen atoms in total. The first-order chi connectivity index (χ1) is 8.03. The van der Waals surface area contributed by atoms with Crippen LogP contribution in [0, 0.1) is 5.82 Å². The summed E-state index contributed by atoms with van der Waals surface area (Å²) >= 11 is 8.76. The van der Waals surface area contributed by atoms with Crippen LogP contribution in [0.3, 0.4) is 0 Å². The number of rotatable bonds is 4. The van der Waals surface area contributed by atoms with Crippen LogP contribution in [0.2, 0.25) is 5.02 Å². The van der Waals surface area contributed by atoms with E-state index in [1.54, 1.807) is 13.8 Å². The van der Waals surface area contributed by atoms with Gasteiger partial charge in [-0.15, -0.1) is 12.4 Å². The highest BCUT2D eigenvalue weighted by Crippen LogP contribution is 2.27. The van der Waals surface area contributed by atoms with Crippen molar-refractivity contribution in [1.29, 1.82) is 0 Å². The first kappa shape index (κ1) is 19.1. The minimum absolute atomic E-state index is 0. The van der Waals surface area contributed by atoms with Gasteiger partial charge >= 0.3 is 0 Å². The molecule has 19 heavy (non-hydrogen) atoms. The van der Waals surface area contributed by atoms with E-state index in [-0.39, 0.29) is 24.0 Å². The van der Waals surface area contributed by atoms with E-state index in [9.17, 15) is 12.8 Å². The largest absolute Gasteiger partial charge is 0.324 e. The van der Waals surface area contributed by atoms with Gasteiger partial charge in [-0.1, -0.05) is 11.6 Å². The van der Waals surface area contributed by atoms with Gasteiger partial charge in [0.1, 0.15) is 10.7 Å². The van der Waals surface area contributed by atoms with Crippen LogP contribution in [0.1, 0.15) is 13.8 Å². The van der Waals surface area contributed by atoms with E-state index in [2.05, 4.69) is 20.7 Å². The van der Waals surface area contributed by atoms with E-state index in [0.717, 1.165) is 12.1 Å². The van der Waals surface area contributed by atoms with Gasteiger partial charge in [0.2, 0.25) is 10.0 Å². The first-order valence-electron chi connectivity index (χ1n) is 4.96. The van der Waals surface area contributed by atoms with Crippen molar-refractivity contribution in [3.05, 3.63) is 27.4 Å². The molecule has 0 atom stereocenters. The van der Waals surface area contributed by atoms with E-state index < -0.39 is 26.3 Å². The maximum Gasteiger partial charge on any atom is 0.243 e. The molecule has 110 valence electrons. The molecule has 1 rings (SSSR count). The van der Waals surface area contributed by atoms with Crippen molar-refractivity contribution >= 4 is 50.0 Å². The number of benzene rings is 1. The molecule has 0 aliphatic heterocycles. The van der Waals surface area contributed by atoms with Crippen molar-refractivity contribution in [3.63, 3.8) is 0 Å². The van der Waals surface area contributed by atoms with Crippen molar-refractivity contribution in [2.24, 2.45) is 5.73 Å². The topological polar surface area (TPSA) is 72.2 Å². The quantitative estimate of drug-likeness (QED) is 0.769. The molecular weight excluding hydrogens is 382 g/mol. The fourth-order valence-electron chi connectivity index (χ4n) is 1.07. The molecule has 0 saturated heterocycles. The standard InChI is InChI=1S/C10H13BrClFN2O2S.ClH/c1-10(2,14)5-15-18(16,17)9-4-7(12)6(11)3-8(9)13;/h3-4,15H,5,14H2,1-2H3;1H. The van der Waals surface area contributed by atoms with Gasteiger partial charge in [-0.2, -0.15) is 0 Å². The van der Waals surface area contributed by atoms with E-state index in [0.29, 0.717) is 4.47 Å². The smallest absolute Gasteiger partial charge is 0.243 e. The maximum atomic E-state index is 13.6. The third-order valence-corrected chi connectivity index (χ3v) is 4.60. The van der Waals surface area contributed by atoms with Crippen LogP contribution in [0.25, 0.3) is 0 Å². The second-order valence-corrected chi connectivity index (χ2v) is 7.51. The molecule has 0 aliphatic rings. The van der Waals surface area contributed by atoms with Gasteiger partial charge in [0.05, 0.1) is 5.02 Å². The Hall–Kier alpha value is 0.0800. The summed E-state index contributed by atoms with van der Waals surface area (Å²) in [5, 5.41) is 0.115. The summed E-state index contributed by atoms with van der Waals surface area (Å²) in [7, 11) is -3.97. The first-order valence-corrected chi connectivity index (χ1v) is 7.61. The highest BCUT2D eigenvalue weighted by molar-refractivity contribution is 9.10. The van der Waals surface area contributed by atoms with Gasteiger partial charge < -0.3 is 5.73 Å². The van der Waals surface area contributed by atoms with Crippen molar-refractivity contribution in [1.82, 2.24) is 4.72 Å². The Kier molecular flexibility index (Phi) is 6.72. The Morgan fingerprint density at radius 1 is 1.47 bits per heavy atom. The second-order valence-electron chi connectivity index (χ2n) is 4.51. The molecule has 0 aliphatic carbocycles. The molecule has 0 unspecified atom stereocenters. The van der Waals surface area contributed by atoms with Gasteiger partial charge in [0.15, 0.2) is 0 Å². The average molecular weight is 396 g/mol. The SMILES string of the molecule is CC(C)(N)CNS(=O)(=O)c1cc(Cl)c(Br)cc1F.Cl. The summed E-state index contributed by atoms with van der Waals surface area (Å²) in [6, 6.07) is 2.05. The molecular formula is C10H14BrCl2FN2O2S. The van der Waals surface area contributed by atoms with E-state index in [1.807, 2.05) is 0 Å². The molecule has 0 heterocycles. The fraction of sp³-hybridized carbons (Fsp3) is 0.400. The summed E-state index contributed by atoms with van der Waals surface area (Å²) in [4.78, 5) is -0.500. The Labute approximate surface area is 131 Å². The van der Waals surface area contributed by atoms with Gasteiger partial charge in [-0.3, -0.25) is 0 Å². The summed E-state index contributed by atoms with van der Waals surface area (Å²) < 4.78 is 39.9. The van der Waals surface area contributed by atoms with Crippen LogP contribution < -0.4 is 10.5 Å². The zero-order valence-electron chi connectivity index (χ0n) is 10.2. The van der Waals surface area contributed by atoms with Crippen LogP contribution in [0.5, 0.6) is 0 Å². The molecule has 0 amide bonds. The van der Waals surface area contributed by atoms with Crippen LogP contribution in [-0.2, 0) is 10.0 Å². The van der Waals surface area contributed by atoms with Gasteiger partial charge in [-0.05, 0) is 41.9 Å². The summed E-state index contributed by atoms with van der Waals surface area (Å²) in [5.74, 6) is -0.881. The second kappa shape index (κ2) is 6.69. The molecule has 0 bridgehead atoms. The number of nitrogens with two attached hydrogens (primary N) is 1. The highest BCUT2D eigenvalue weighted by Gasteiger charge is 2.23. The summed E-state index contributed by atoms with van der Waals surface area (Å²) in [6.07, 6.45) is 0. The number of sulfonamides is 1. The number of hydrogen-bond donors (Lipinski definition) is 2. The van der Waals surface area contributed by atoms with E-state index in [1.165, 1.54) is 0 Å². The zero-order chi connectivity index (χ0) is 14.1. The Morgan fingerprint density at radius 2 is 2.00 bits per heavy atom. The molecule has 1 aromatic rings. The third kappa shape index (κ3) is 5.53. The minimum Gasteiger partial charge on any atom is -0.324 e. The monoisotopic (exact) mass is 394 g/mol. The number of hydrogen-bond acceptors (Lipinski definition) is 3. The average Bonchev–Trinajstić information content (AvgIpc) is 2.19. The Bertz CT molecular complexity index is 561. The number of halogens is 4. The normalized spacial score (nSPS) is 12.1. The lowest BCUT2D eigenvalue weighted by molar-refractivity contribution is 0.494.